The molecule has 33 heavy (non-hydrogen) atoms. The summed E-state index contributed by atoms with van der Waals surface area (Å²) < 4.78 is 5.71. The molecule has 0 amide bonds. The third-order valence-corrected chi connectivity index (χ3v) is 6.42. The molecule has 2 aromatic heterocycles. The second-order valence-corrected chi connectivity index (χ2v) is 8.90. The van der Waals surface area contributed by atoms with Crippen molar-refractivity contribution in [2.45, 2.75) is 26.9 Å². The Morgan fingerprint density at radius 3 is 2.21 bits per heavy atom. The van der Waals surface area contributed by atoms with Gasteiger partial charge in [-0.15, -0.1) is 0 Å². The molecule has 170 valence electrons. The Hall–Kier alpha value is -3.18. The normalized spacial score (nSPS) is 11.6. The molecule has 0 atom stereocenters. The zero-order valence-electron chi connectivity index (χ0n) is 17.7. The van der Waals surface area contributed by atoms with Crippen LogP contribution in [0.1, 0.15) is 19.4 Å². The molecule has 0 radical (unpaired) electrons. The maximum absolute atomic E-state index is 12.6. The number of aliphatic imine (C=N–C) groups is 1. The van der Waals surface area contributed by atoms with Crippen LogP contribution in [0.15, 0.2) is 64.7 Å². The molecule has 2 heterocycles. The van der Waals surface area contributed by atoms with Gasteiger partial charge in [0, 0.05) is 28.2 Å². The van der Waals surface area contributed by atoms with Crippen LogP contribution in [0, 0.1) is 0 Å². The van der Waals surface area contributed by atoms with Gasteiger partial charge in [-0.3, -0.25) is 23.9 Å². The van der Waals surface area contributed by atoms with Crippen molar-refractivity contribution in [1.29, 1.82) is 0 Å². The van der Waals surface area contributed by atoms with E-state index in [1.807, 2.05) is 13.8 Å². The molecular weight excluding hydrogens is 558 g/mol. The lowest BCUT2D eigenvalue weighted by Gasteiger charge is -2.09. The van der Waals surface area contributed by atoms with Gasteiger partial charge >= 0.3 is 11.4 Å². The van der Waals surface area contributed by atoms with Gasteiger partial charge in [0.1, 0.15) is 5.56 Å². The van der Waals surface area contributed by atoms with E-state index in [1.54, 1.807) is 45.5 Å². The van der Waals surface area contributed by atoms with Crippen molar-refractivity contribution in [2.24, 2.45) is 4.99 Å². The fraction of sp³-hybridized carbons (Fsp3) is 0.182. The minimum Gasteiger partial charge on any atom is -0.493 e. The zero-order chi connectivity index (χ0) is 23.9. The quantitative estimate of drug-likeness (QED) is 0.353. The minimum atomic E-state index is -0.771. The van der Waals surface area contributed by atoms with Crippen molar-refractivity contribution < 1.29 is 5.11 Å². The molecule has 0 bridgehead atoms. The van der Waals surface area contributed by atoms with Gasteiger partial charge in [0.2, 0.25) is 5.88 Å². The van der Waals surface area contributed by atoms with E-state index in [4.69, 9.17) is 0 Å². The van der Waals surface area contributed by atoms with E-state index in [2.05, 4.69) is 41.8 Å². The molecule has 0 saturated heterocycles. The molecule has 0 aliphatic carbocycles. The molecule has 0 unspecified atom stereocenters. The summed E-state index contributed by atoms with van der Waals surface area (Å²) in [7, 11) is 0. The average molecular weight is 577 g/mol. The first-order valence-corrected chi connectivity index (χ1v) is 11.7. The molecule has 0 aliphatic heterocycles. The van der Waals surface area contributed by atoms with E-state index in [-0.39, 0.29) is 11.3 Å². The maximum atomic E-state index is 12.6. The van der Waals surface area contributed by atoms with Crippen molar-refractivity contribution >= 4 is 54.8 Å². The van der Waals surface area contributed by atoms with Gasteiger partial charge in [0.25, 0.3) is 5.56 Å². The van der Waals surface area contributed by atoms with Gasteiger partial charge in [-0.1, -0.05) is 15.9 Å². The number of nitrogens with zero attached hydrogens (tertiary/aromatic N) is 4. The summed E-state index contributed by atoms with van der Waals surface area (Å²) in [6.07, 6.45) is 1.19. The highest BCUT2D eigenvalue weighted by atomic mass is 79.9. The van der Waals surface area contributed by atoms with Gasteiger partial charge in [0.15, 0.2) is 0 Å². The molecule has 2 N–H and O–H groups in total. The Morgan fingerprint density at radius 2 is 1.61 bits per heavy atom. The molecule has 0 saturated carbocycles. The van der Waals surface area contributed by atoms with Crippen LogP contribution in [0.2, 0.25) is 0 Å². The summed E-state index contributed by atoms with van der Waals surface area (Å²) in [5.74, 6) is -0.533. The highest BCUT2D eigenvalue weighted by Crippen LogP contribution is 2.31. The van der Waals surface area contributed by atoms with Gasteiger partial charge in [-0.2, -0.15) is 0 Å². The number of aryl methyl sites for hydroxylation is 2. The topological polar surface area (TPSA) is 114 Å². The lowest BCUT2D eigenvalue weighted by Crippen LogP contribution is -2.31. The van der Waals surface area contributed by atoms with Crippen LogP contribution in [0.3, 0.4) is 0 Å². The lowest BCUT2D eigenvalue weighted by atomic mass is 10.2. The number of aromatic nitrogens is 4. The van der Waals surface area contributed by atoms with Crippen LogP contribution in [-0.4, -0.2) is 30.0 Å². The van der Waals surface area contributed by atoms with E-state index < -0.39 is 17.1 Å². The van der Waals surface area contributed by atoms with Crippen molar-refractivity contribution in [3.8, 4) is 11.6 Å². The van der Waals surface area contributed by atoms with Crippen molar-refractivity contribution in [2.75, 3.05) is 0 Å². The largest absolute Gasteiger partial charge is 0.493 e. The average Bonchev–Trinajstić information content (AvgIpc) is 3.03. The van der Waals surface area contributed by atoms with Crippen molar-refractivity contribution in [3.05, 3.63) is 82.2 Å². The summed E-state index contributed by atoms with van der Waals surface area (Å²) >= 11 is 6.79. The number of H-pyrrole nitrogens is 1. The van der Waals surface area contributed by atoms with Gasteiger partial charge in [-0.25, -0.2) is 14.2 Å². The molecule has 2 aromatic carbocycles. The van der Waals surface area contributed by atoms with Crippen LogP contribution in [0.5, 0.6) is 5.88 Å². The molecule has 0 aliphatic rings. The van der Waals surface area contributed by atoms with E-state index in [9.17, 15) is 19.5 Å². The first-order valence-electron chi connectivity index (χ1n) is 10.1. The molecular formula is C22H19Br2N5O4. The van der Waals surface area contributed by atoms with Crippen LogP contribution in [0.4, 0.5) is 5.69 Å². The Balaban J connectivity index is 1.86. The summed E-state index contributed by atoms with van der Waals surface area (Å²) in [5, 5.41) is 10.7. The van der Waals surface area contributed by atoms with Gasteiger partial charge in [0.05, 0.1) is 22.4 Å². The highest BCUT2D eigenvalue weighted by Gasteiger charge is 2.16. The number of halogens is 2. The number of benzene rings is 2. The molecule has 4 rings (SSSR count). The number of hydrogen-bond donors (Lipinski definition) is 2. The predicted octanol–water partition coefficient (Wildman–Crippen LogP) is 3.66. The Kier molecular flexibility index (Phi) is 6.26. The van der Waals surface area contributed by atoms with Gasteiger partial charge in [-0.05, 0) is 66.2 Å². The molecule has 0 fully saturated rings. The monoisotopic (exact) mass is 575 g/mol. The third-order valence-electron chi connectivity index (χ3n) is 5.26. The predicted molar refractivity (Wildman–Crippen MR) is 135 cm³/mol. The molecule has 0 spiro atoms. The van der Waals surface area contributed by atoms with E-state index in [1.165, 1.54) is 6.21 Å². The van der Waals surface area contributed by atoms with E-state index in [0.29, 0.717) is 34.5 Å². The molecule has 11 heteroatoms. The molecule has 4 aromatic rings. The highest BCUT2D eigenvalue weighted by molar-refractivity contribution is 9.10. The summed E-state index contributed by atoms with van der Waals surface area (Å²) in [6.45, 7) is 4.80. The third kappa shape index (κ3) is 4.02. The number of imidazole rings is 1. The summed E-state index contributed by atoms with van der Waals surface area (Å²) in [4.78, 5) is 44.0. The van der Waals surface area contributed by atoms with Crippen molar-refractivity contribution in [3.63, 3.8) is 0 Å². The first-order chi connectivity index (χ1) is 15.8. The number of aromatic amines is 1. The Bertz CT molecular complexity index is 1580. The second-order valence-electron chi connectivity index (χ2n) is 7.13. The SMILES string of the molecule is CCn1c(=O)n(CC)c2cc(N=Cc3c(O)n(-c4ccc(Br)cc4)c(=O)[nH]c3=O)c(Br)cc21. The Morgan fingerprint density at radius 1 is 1.00 bits per heavy atom. The van der Waals surface area contributed by atoms with Crippen LogP contribution < -0.4 is 16.9 Å². The molecule has 9 nitrogen and oxygen atoms in total. The van der Waals surface area contributed by atoms with Gasteiger partial charge < -0.3 is 5.11 Å². The number of nitrogens with one attached hydrogen (secondary N) is 1. The summed E-state index contributed by atoms with van der Waals surface area (Å²) in [5.41, 5.74) is 0.474. The number of aromatic hydroxyl groups is 1. The number of fused-ring (bicyclic) bond motifs is 1. The van der Waals surface area contributed by atoms with Crippen molar-refractivity contribution in [1.82, 2.24) is 18.7 Å². The standard InChI is InChI=1S/C22H19Br2N5O4/c1-3-27-17-9-15(24)16(10-18(17)28(4-2)22(27)33)25-11-14-19(30)26-21(32)29(20(14)31)13-7-5-12(23)6-8-13/h5-11,31H,3-4H2,1-2H3,(H,26,30,32). The Labute approximate surface area is 203 Å². The maximum Gasteiger partial charge on any atom is 0.335 e. The lowest BCUT2D eigenvalue weighted by molar-refractivity contribution is 0.430. The van der Waals surface area contributed by atoms with E-state index >= 15 is 0 Å². The summed E-state index contributed by atoms with van der Waals surface area (Å²) in [6, 6.07) is 10.2. The van der Waals surface area contributed by atoms with E-state index in [0.717, 1.165) is 14.6 Å². The van der Waals surface area contributed by atoms with Crippen LogP contribution in [0.25, 0.3) is 16.7 Å². The number of rotatable bonds is 5. The first kappa shape index (κ1) is 23.0. The smallest absolute Gasteiger partial charge is 0.335 e. The fourth-order valence-corrected chi connectivity index (χ4v) is 4.35. The second kappa shape index (κ2) is 8.99. The van der Waals surface area contributed by atoms with Crippen LogP contribution in [-0.2, 0) is 13.1 Å². The number of hydrogen-bond acceptors (Lipinski definition) is 5. The van der Waals surface area contributed by atoms with Crippen LogP contribution >= 0.6 is 31.9 Å². The fourth-order valence-electron chi connectivity index (χ4n) is 3.65. The minimum absolute atomic E-state index is 0.112. The zero-order valence-corrected chi connectivity index (χ0v) is 20.8.